The molecule has 2 aromatic heterocycles. The zero-order valence-corrected chi connectivity index (χ0v) is 11.4. The first-order chi connectivity index (χ1) is 10.2. The molecule has 1 amide bonds. The van der Waals surface area contributed by atoms with E-state index in [1.165, 1.54) is 0 Å². The summed E-state index contributed by atoms with van der Waals surface area (Å²) in [6.07, 6.45) is 3.18. The third kappa shape index (κ3) is 2.97. The highest BCUT2D eigenvalue weighted by atomic mass is 16.3. The quantitative estimate of drug-likeness (QED) is 0.798. The number of nitrogens with zero attached hydrogens (tertiary/aromatic N) is 2. The van der Waals surface area contributed by atoms with E-state index >= 15 is 0 Å². The van der Waals surface area contributed by atoms with Crippen molar-refractivity contribution in [3.05, 3.63) is 66.3 Å². The summed E-state index contributed by atoms with van der Waals surface area (Å²) in [7, 11) is 0. The number of anilines is 1. The third-order valence-corrected chi connectivity index (χ3v) is 2.88. The van der Waals surface area contributed by atoms with Gasteiger partial charge in [0.05, 0.1) is 5.69 Å². The number of rotatable bonds is 3. The number of nitrogens with one attached hydrogen (secondary N) is 1. The van der Waals surface area contributed by atoms with Crippen LogP contribution in [0.4, 0.5) is 5.69 Å². The summed E-state index contributed by atoms with van der Waals surface area (Å²) in [5.41, 5.74) is 2.66. The predicted octanol–water partition coefficient (Wildman–Crippen LogP) is 3.30. The van der Waals surface area contributed by atoms with Crippen LogP contribution in [0.5, 0.6) is 0 Å². The van der Waals surface area contributed by atoms with Crippen molar-refractivity contribution in [2.45, 2.75) is 6.92 Å². The van der Waals surface area contributed by atoms with Gasteiger partial charge in [0.15, 0.2) is 0 Å². The molecule has 0 aliphatic heterocycles. The van der Waals surface area contributed by atoms with Gasteiger partial charge in [-0.05, 0) is 37.3 Å². The van der Waals surface area contributed by atoms with E-state index in [2.05, 4.69) is 15.3 Å². The molecular formula is C16H13N3O2. The van der Waals surface area contributed by atoms with Gasteiger partial charge in [-0.25, -0.2) is 4.98 Å². The molecule has 3 rings (SSSR count). The van der Waals surface area contributed by atoms with Gasteiger partial charge in [-0.1, -0.05) is 12.1 Å². The molecule has 1 N–H and O–H groups in total. The van der Waals surface area contributed by atoms with E-state index in [-0.39, 0.29) is 5.91 Å². The molecule has 0 saturated heterocycles. The van der Waals surface area contributed by atoms with Crippen LogP contribution >= 0.6 is 0 Å². The van der Waals surface area contributed by atoms with Gasteiger partial charge in [0, 0.05) is 17.4 Å². The van der Waals surface area contributed by atoms with Gasteiger partial charge in [0.1, 0.15) is 12.0 Å². The number of aryl methyl sites for hydroxylation is 1. The molecular weight excluding hydrogens is 266 g/mol. The molecule has 0 aliphatic carbocycles. The summed E-state index contributed by atoms with van der Waals surface area (Å²) in [6.45, 7) is 1.86. The summed E-state index contributed by atoms with van der Waals surface area (Å²) in [5, 5.41) is 2.80. The second-order valence-corrected chi connectivity index (χ2v) is 4.54. The molecule has 0 fully saturated rings. The zero-order valence-electron chi connectivity index (χ0n) is 11.4. The van der Waals surface area contributed by atoms with Crippen molar-refractivity contribution in [1.82, 2.24) is 9.97 Å². The zero-order chi connectivity index (χ0) is 14.7. The van der Waals surface area contributed by atoms with E-state index in [4.69, 9.17) is 4.42 Å². The fourth-order valence-electron chi connectivity index (χ4n) is 1.91. The monoisotopic (exact) mass is 279 g/mol. The van der Waals surface area contributed by atoms with Crippen molar-refractivity contribution in [3.8, 4) is 11.5 Å². The number of aromatic nitrogens is 2. The molecule has 1 aromatic carbocycles. The van der Waals surface area contributed by atoms with Gasteiger partial charge in [-0.3, -0.25) is 9.78 Å². The van der Waals surface area contributed by atoms with Crippen LogP contribution in [0.25, 0.3) is 11.5 Å². The van der Waals surface area contributed by atoms with E-state index in [0.29, 0.717) is 17.3 Å². The first kappa shape index (κ1) is 13.1. The lowest BCUT2D eigenvalue weighted by Crippen LogP contribution is -2.13. The van der Waals surface area contributed by atoms with Crippen LogP contribution in [0.2, 0.25) is 0 Å². The number of oxazole rings is 1. The van der Waals surface area contributed by atoms with Crippen LogP contribution in [-0.2, 0) is 0 Å². The van der Waals surface area contributed by atoms with Gasteiger partial charge in [0.2, 0.25) is 5.89 Å². The van der Waals surface area contributed by atoms with Gasteiger partial charge in [0.25, 0.3) is 5.91 Å². The molecule has 3 aromatic rings. The molecule has 2 heterocycles. The molecule has 0 atom stereocenters. The Morgan fingerprint density at radius 3 is 2.81 bits per heavy atom. The number of hydrogen-bond acceptors (Lipinski definition) is 4. The van der Waals surface area contributed by atoms with E-state index in [1.807, 2.05) is 25.1 Å². The van der Waals surface area contributed by atoms with Gasteiger partial charge >= 0.3 is 0 Å². The fourth-order valence-corrected chi connectivity index (χ4v) is 1.91. The number of carbonyl (C=O) groups excluding carboxylic acids is 1. The Morgan fingerprint density at radius 2 is 2.10 bits per heavy atom. The molecule has 21 heavy (non-hydrogen) atoms. The molecule has 5 nitrogen and oxygen atoms in total. The highest BCUT2D eigenvalue weighted by Gasteiger charge is 2.09. The molecule has 0 saturated carbocycles. The second kappa shape index (κ2) is 5.58. The van der Waals surface area contributed by atoms with Crippen molar-refractivity contribution in [1.29, 1.82) is 0 Å². The van der Waals surface area contributed by atoms with Crippen LogP contribution in [0.3, 0.4) is 0 Å². The van der Waals surface area contributed by atoms with Crippen molar-refractivity contribution in [3.63, 3.8) is 0 Å². The first-order valence-electron chi connectivity index (χ1n) is 6.47. The second-order valence-electron chi connectivity index (χ2n) is 4.54. The van der Waals surface area contributed by atoms with Gasteiger partial charge < -0.3 is 9.73 Å². The third-order valence-electron chi connectivity index (χ3n) is 2.88. The summed E-state index contributed by atoms with van der Waals surface area (Å²) < 4.78 is 5.36. The molecule has 0 spiro atoms. The largest absolute Gasteiger partial charge is 0.444 e. The minimum absolute atomic E-state index is 0.253. The SMILES string of the molecule is Cc1coc(-c2cccc(NC(=O)c3ccccn3)c2)n1. The van der Waals surface area contributed by atoms with E-state index in [1.54, 1.807) is 36.7 Å². The number of hydrogen-bond donors (Lipinski definition) is 1. The van der Waals surface area contributed by atoms with E-state index in [0.717, 1.165) is 11.3 Å². The average molecular weight is 279 g/mol. The van der Waals surface area contributed by atoms with Crippen LogP contribution < -0.4 is 5.32 Å². The lowest BCUT2D eigenvalue weighted by Gasteiger charge is -2.05. The Balaban J connectivity index is 1.82. The highest BCUT2D eigenvalue weighted by molar-refractivity contribution is 6.03. The average Bonchev–Trinajstić information content (AvgIpc) is 2.95. The maximum absolute atomic E-state index is 12.1. The van der Waals surface area contributed by atoms with Crippen LogP contribution in [0.1, 0.15) is 16.2 Å². The Labute approximate surface area is 121 Å². The lowest BCUT2D eigenvalue weighted by atomic mass is 10.2. The number of carbonyl (C=O) groups is 1. The Morgan fingerprint density at radius 1 is 1.19 bits per heavy atom. The van der Waals surface area contributed by atoms with Crippen LogP contribution in [-0.4, -0.2) is 15.9 Å². The smallest absolute Gasteiger partial charge is 0.274 e. The topological polar surface area (TPSA) is 68.0 Å². The van der Waals surface area contributed by atoms with E-state index < -0.39 is 0 Å². The highest BCUT2D eigenvalue weighted by Crippen LogP contribution is 2.22. The molecule has 0 unspecified atom stereocenters. The number of amides is 1. The van der Waals surface area contributed by atoms with Gasteiger partial charge in [-0.15, -0.1) is 0 Å². The van der Waals surface area contributed by atoms with Gasteiger partial charge in [-0.2, -0.15) is 0 Å². The molecule has 104 valence electrons. The Hall–Kier alpha value is -2.95. The Kier molecular flexibility index (Phi) is 3.47. The maximum atomic E-state index is 12.1. The number of pyridine rings is 1. The summed E-state index contributed by atoms with van der Waals surface area (Å²) in [4.78, 5) is 20.3. The predicted molar refractivity (Wildman–Crippen MR) is 78.9 cm³/mol. The lowest BCUT2D eigenvalue weighted by molar-refractivity contribution is 0.102. The van der Waals surface area contributed by atoms with Crippen molar-refractivity contribution >= 4 is 11.6 Å². The maximum Gasteiger partial charge on any atom is 0.274 e. The minimum atomic E-state index is -0.253. The standard InChI is InChI=1S/C16H13N3O2/c1-11-10-21-16(18-11)12-5-4-6-13(9-12)19-15(20)14-7-2-3-8-17-14/h2-10H,1H3,(H,19,20). The van der Waals surface area contributed by atoms with Crippen molar-refractivity contribution in [2.24, 2.45) is 0 Å². The molecule has 0 radical (unpaired) electrons. The first-order valence-corrected chi connectivity index (χ1v) is 6.47. The summed E-state index contributed by atoms with van der Waals surface area (Å²) in [5.74, 6) is 0.276. The minimum Gasteiger partial charge on any atom is -0.444 e. The van der Waals surface area contributed by atoms with Crippen LogP contribution in [0.15, 0.2) is 59.3 Å². The fraction of sp³-hybridized carbons (Fsp3) is 0.0625. The molecule has 5 heteroatoms. The van der Waals surface area contributed by atoms with Crippen molar-refractivity contribution < 1.29 is 9.21 Å². The summed E-state index contributed by atoms with van der Waals surface area (Å²) in [6, 6.07) is 12.5. The van der Waals surface area contributed by atoms with Crippen LogP contribution in [0, 0.1) is 6.92 Å². The van der Waals surface area contributed by atoms with Crippen molar-refractivity contribution in [2.75, 3.05) is 5.32 Å². The molecule has 0 aliphatic rings. The Bertz CT molecular complexity index is 766. The summed E-state index contributed by atoms with van der Waals surface area (Å²) >= 11 is 0. The number of benzene rings is 1. The normalized spacial score (nSPS) is 10.3. The molecule has 0 bridgehead atoms. The van der Waals surface area contributed by atoms with E-state index in [9.17, 15) is 4.79 Å².